The van der Waals surface area contributed by atoms with Crippen LogP contribution >= 0.6 is 11.3 Å². The van der Waals surface area contributed by atoms with E-state index < -0.39 is 12.4 Å². The molecule has 2 heterocycles. The highest BCUT2D eigenvalue weighted by Gasteiger charge is 2.25. The van der Waals surface area contributed by atoms with E-state index in [1.807, 2.05) is 30.3 Å². The summed E-state index contributed by atoms with van der Waals surface area (Å²) in [6, 6.07) is 9.70. The van der Waals surface area contributed by atoms with Crippen molar-refractivity contribution in [2.45, 2.75) is 31.5 Å². The second kappa shape index (κ2) is 8.04. The molecule has 2 N–H and O–H groups in total. The fourth-order valence-electron chi connectivity index (χ4n) is 2.57. The summed E-state index contributed by atoms with van der Waals surface area (Å²) < 4.78 is 17.2. The average Bonchev–Trinajstić information content (AvgIpc) is 3.04. The zero-order valence-electron chi connectivity index (χ0n) is 13.4. The molecule has 0 bridgehead atoms. The lowest BCUT2D eigenvalue weighted by Gasteiger charge is -2.30. The van der Waals surface area contributed by atoms with Gasteiger partial charge >= 0.3 is 0 Å². The van der Waals surface area contributed by atoms with Gasteiger partial charge in [0.1, 0.15) is 0 Å². The maximum atomic E-state index is 12.2. The Kier molecular flexibility index (Phi) is 5.80. The number of hydrogen-bond donors (Lipinski definition) is 2. The summed E-state index contributed by atoms with van der Waals surface area (Å²) >= 11 is 1.44. The van der Waals surface area contributed by atoms with Gasteiger partial charge in [-0.05, 0) is 17.5 Å². The Hall–Kier alpha value is -1.51. The van der Waals surface area contributed by atoms with Gasteiger partial charge in [-0.25, -0.2) is 0 Å². The predicted octanol–water partition coefficient (Wildman–Crippen LogP) is 2.12. The van der Waals surface area contributed by atoms with E-state index in [2.05, 4.69) is 5.32 Å². The number of amides is 1. The van der Waals surface area contributed by atoms with E-state index in [0.29, 0.717) is 17.9 Å². The summed E-state index contributed by atoms with van der Waals surface area (Å²) in [6.07, 6.45) is -0.605. The first-order valence-corrected chi connectivity index (χ1v) is 8.72. The molecule has 0 radical (unpaired) electrons. The standard InChI is InChI=1S/C17H21NO5S/c1-21-15-6-7-22-16(23-15)9-12(19)10-18-17(20)14-8-11-4-2-3-5-13(11)24-14/h2-5,8,12,15-16,19H,6-7,9-10H2,1H3,(H,18,20). The summed E-state index contributed by atoms with van der Waals surface area (Å²) in [6.45, 7) is 0.679. The normalized spacial score (nSPS) is 22.4. The lowest BCUT2D eigenvalue weighted by molar-refractivity contribution is -0.283. The lowest BCUT2D eigenvalue weighted by Crippen LogP contribution is -2.39. The van der Waals surface area contributed by atoms with Gasteiger partial charge in [0.15, 0.2) is 12.6 Å². The fraction of sp³-hybridized carbons (Fsp3) is 0.471. The van der Waals surface area contributed by atoms with Crippen LogP contribution in [-0.4, -0.2) is 50.0 Å². The zero-order chi connectivity index (χ0) is 16.9. The second-order valence-electron chi connectivity index (χ2n) is 5.64. The molecule has 130 valence electrons. The molecular formula is C17H21NO5S. The SMILES string of the molecule is COC1CCOC(CC(O)CNC(=O)c2cc3ccccc3s2)O1. The van der Waals surface area contributed by atoms with Gasteiger partial charge < -0.3 is 24.6 Å². The number of ether oxygens (including phenoxy) is 3. The van der Waals surface area contributed by atoms with Crippen molar-refractivity contribution < 1.29 is 24.1 Å². The second-order valence-corrected chi connectivity index (χ2v) is 6.72. The van der Waals surface area contributed by atoms with Gasteiger partial charge in [0, 0.05) is 31.2 Å². The third-order valence-corrected chi connectivity index (χ3v) is 4.95. The minimum atomic E-state index is -0.746. The van der Waals surface area contributed by atoms with Gasteiger partial charge in [-0.3, -0.25) is 4.79 Å². The Morgan fingerprint density at radius 3 is 3.12 bits per heavy atom. The monoisotopic (exact) mass is 351 g/mol. The molecule has 2 aromatic rings. The van der Waals surface area contributed by atoms with Crippen LogP contribution in [0.4, 0.5) is 0 Å². The quantitative estimate of drug-likeness (QED) is 0.834. The van der Waals surface area contributed by atoms with Crippen LogP contribution in [0.5, 0.6) is 0 Å². The minimum absolute atomic E-state index is 0.147. The van der Waals surface area contributed by atoms with Gasteiger partial charge in [-0.1, -0.05) is 18.2 Å². The molecule has 1 fully saturated rings. The number of rotatable bonds is 6. The van der Waals surface area contributed by atoms with Crippen molar-refractivity contribution in [1.29, 1.82) is 0 Å². The number of carbonyl (C=O) groups excluding carboxylic acids is 1. The molecule has 3 atom stereocenters. The lowest BCUT2D eigenvalue weighted by atomic mass is 10.2. The Balaban J connectivity index is 1.48. The van der Waals surface area contributed by atoms with Gasteiger partial charge in [0.2, 0.25) is 0 Å². The van der Waals surface area contributed by atoms with Crippen LogP contribution in [0.1, 0.15) is 22.5 Å². The molecule has 3 unspecified atom stereocenters. The van der Waals surface area contributed by atoms with Crippen molar-refractivity contribution in [2.75, 3.05) is 20.3 Å². The molecule has 1 aromatic heterocycles. The Bertz CT molecular complexity index is 655. The van der Waals surface area contributed by atoms with Crippen LogP contribution in [0.15, 0.2) is 30.3 Å². The molecule has 0 saturated carbocycles. The molecule has 24 heavy (non-hydrogen) atoms. The molecule has 0 spiro atoms. The van der Waals surface area contributed by atoms with Gasteiger partial charge in [0.05, 0.1) is 17.6 Å². The number of aliphatic hydroxyl groups is 1. The highest BCUT2D eigenvalue weighted by molar-refractivity contribution is 7.20. The molecule has 1 saturated heterocycles. The highest BCUT2D eigenvalue weighted by atomic mass is 32.1. The highest BCUT2D eigenvalue weighted by Crippen LogP contribution is 2.25. The van der Waals surface area contributed by atoms with Crippen LogP contribution in [0, 0.1) is 0 Å². The number of nitrogens with one attached hydrogen (secondary N) is 1. The van der Waals surface area contributed by atoms with Crippen LogP contribution in [0.25, 0.3) is 10.1 Å². The number of thiophene rings is 1. The number of methoxy groups -OCH3 is 1. The van der Waals surface area contributed by atoms with E-state index in [4.69, 9.17) is 14.2 Å². The molecular weight excluding hydrogens is 330 g/mol. The first kappa shape index (κ1) is 17.3. The smallest absolute Gasteiger partial charge is 0.261 e. The number of aliphatic hydroxyl groups excluding tert-OH is 1. The third kappa shape index (κ3) is 4.31. The maximum absolute atomic E-state index is 12.2. The largest absolute Gasteiger partial charge is 0.391 e. The Labute approximate surface area is 144 Å². The van der Waals surface area contributed by atoms with E-state index in [-0.39, 0.29) is 25.2 Å². The van der Waals surface area contributed by atoms with E-state index in [1.54, 1.807) is 7.11 Å². The topological polar surface area (TPSA) is 77.0 Å². The minimum Gasteiger partial charge on any atom is -0.391 e. The Morgan fingerprint density at radius 2 is 2.33 bits per heavy atom. The van der Waals surface area contributed by atoms with Crippen molar-refractivity contribution in [3.05, 3.63) is 35.2 Å². The summed E-state index contributed by atoms with van der Waals surface area (Å²) in [5.41, 5.74) is 0. The van der Waals surface area contributed by atoms with Gasteiger partial charge in [-0.15, -0.1) is 11.3 Å². The molecule has 3 rings (SSSR count). The van der Waals surface area contributed by atoms with Crippen LogP contribution in [0.3, 0.4) is 0 Å². The average molecular weight is 351 g/mol. The van der Waals surface area contributed by atoms with Crippen molar-refractivity contribution in [3.63, 3.8) is 0 Å². The fourth-order valence-corrected chi connectivity index (χ4v) is 3.55. The van der Waals surface area contributed by atoms with Crippen LogP contribution in [0.2, 0.25) is 0 Å². The predicted molar refractivity (Wildman–Crippen MR) is 91.0 cm³/mol. The van der Waals surface area contributed by atoms with Crippen LogP contribution < -0.4 is 5.32 Å². The van der Waals surface area contributed by atoms with Crippen molar-refractivity contribution >= 4 is 27.3 Å². The van der Waals surface area contributed by atoms with Crippen molar-refractivity contribution in [2.24, 2.45) is 0 Å². The van der Waals surface area contributed by atoms with E-state index in [9.17, 15) is 9.90 Å². The number of benzene rings is 1. The number of carbonyl (C=O) groups is 1. The van der Waals surface area contributed by atoms with E-state index in [0.717, 1.165) is 10.1 Å². The summed E-state index contributed by atoms with van der Waals surface area (Å²) in [5.74, 6) is -0.185. The van der Waals surface area contributed by atoms with Crippen molar-refractivity contribution in [1.82, 2.24) is 5.32 Å². The van der Waals surface area contributed by atoms with Gasteiger partial charge in [0.25, 0.3) is 5.91 Å². The van der Waals surface area contributed by atoms with Crippen molar-refractivity contribution in [3.8, 4) is 0 Å². The number of fused-ring (bicyclic) bond motifs is 1. The number of hydrogen-bond acceptors (Lipinski definition) is 6. The van der Waals surface area contributed by atoms with Gasteiger partial charge in [-0.2, -0.15) is 0 Å². The third-order valence-electron chi connectivity index (χ3n) is 3.84. The Morgan fingerprint density at radius 1 is 1.50 bits per heavy atom. The molecule has 1 amide bonds. The molecule has 1 aliphatic heterocycles. The zero-order valence-corrected chi connectivity index (χ0v) is 14.3. The molecule has 1 aliphatic rings. The van der Waals surface area contributed by atoms with E-state index in [1.165, 1.54) is 11.3 Å². The first-order chi connectivity index (χ1) is 11.7. The first-order valence-electron chi connectivity index (χ1n) is 7.90. The summed E-state index contributed by atoms with van der Waals surface area (Å²) in [7, 11) is 1.58. The molecule has 7 heteroatoms. The summed E-state index contributed by atoms with van der Waals surface area (Å²) in [5, 5.41) is 13.9. The molecule has 0 aliphatic carbocycles. The van der Waals surface area contributed by atoms with E-state index >= 15 is 0 Å². The molecule has 6 nitrogen and oxygen atoms in total. The maximum Gasteiger partial charge on any atom is 0.261 e. The molecule has 1 aromatic carbocycles. The van der Waals surface area contributed by atoms with Crippen LogP contribution in [-0.2, 0) is 14.2 Å². The summed E-state index contributed by atoms with van der Waals surface area (Å²) in [4.78, 5) is 12.8.